The van der Waals surface area contributed by atoms with Gasteiger partial charge in [0.15, 0.2) is 0 Å². The Kier molecular flexibility index (Phi) is 4.51. The molecule has 0 fully saturated rings. The number of halogens is 2. The quantitative estimate of drug-likeness (QED) is 0.910. The number of rotatable bonds is 4. The van der Waals surface area contributed by atoms with Crippen molar-refractivity contribution >= 4 is 34.5 Å². The van der Waals surface area contributed by atoms with E-state index >= 15 is 0 Å². The third-order valence-corrected chi connectivity index (χ3v) is 4.32. The summed E-state index contributed by atoms with van der Waals surface area (Å²) in [5, 5.41) is 13.0. The lowest BCUT2D eigenvalue weighted by Crippen LogP contribution is -1.99. The number of aliphatic hydroxyl groups excluding tert-OH is 1. The fraction of sp³-hybridized carbons (Fsp3) is 0.231. The second-order valence-electron chi connectivity index (χ2n) is 3.86. The number of hydrogen-bond acceptors (Lipinski definition) is 3. The first-order chi connectivity index (χ1) is 8.60. The summed E-state index contributed by atoms with van der Waals surface area (Å²) in [4.78, 5) is 0.873. The summed E-state index contributed by atoms with van der Waals surface area (Å²) in [5.41, 5.74) is 0.948. The zero-order valence-corrected chi connectivity index (χ0v) is 12.0. The van der Waals surface area contributed by atoms with E-state index in [1.165, 1.54) is 11.3 Å². The van der Waals surface area contributed by atoms with Crippen LogP contribution in [0.2, 0.25) is 10.0 Å². The maximum absolute atomic E-state index is 10.1. The molecule has 0 aliphatic heterocycles. The second-order valence-corrected chi connectivity index (χ2v) is 5.61. The minimum atomic E-state index is -0.559. The molecule has 0 aliphatic rings. The molecule has 1 aromatic heterocycles. The van der Waals surface area contributed by atoms with Crippen LogP contribution in [0.4, 0.5) is 0 Å². The molecule has 1 aromatic carbocycles. The fourth-order valence-electron chi connectivity index (χ4n) is 1.61. The molecule has 2 nitrogen and oxygen atoms in total. The van der Waals surface area contributed by atoms with Gasteiger partial charge in [-0.25, -0.2) is 0 Å². The lowest BCUT2D eigenvalue weighted by molar-refractivity contribution is 0.182. The smallest absolute Gasteiger partial charge is 0.129 e. The van der Waals surface area contributed by atoms with Crippen molar-refractivity contribution in [3.05, 3.63) is 50.1 Å². The van der Waals surface area contributed by atoms with E-state index < -0.39 is 6.10 Å². The average Bonchev–Trinajstić information content (AvgIpc) is 2.82. The molecule has 1 N–H and O–H groups in total. The number of ether oxygens (including phenoxy) is 1. The van der Waals surface area contributed by atoms with E-state index in [0.717, 1.165) is 16.2 Å². The van der Waals surface area contributed by atoms with Gasteiger partial charge in [-0.1, -0.05) is 29.3 Å². The summed E-state index contributed by atoms with van der Waals surface area (Å²) in [6.45, 7) is 0. The van der Waals surface area contributed by atoms with Gasteiger partial charge in [0.1, 0.15) is 5.75 Å². The van der Waals surface area contributed by atoms with Crippen molar-refractivity contribution in [3.63, 3.8) is 0 Å². The molecule has 0 spiro atoms. The molecule has 2 rings (SSSR count). The van der Waals surface area contributed by atoms with Crippen LogP contribution in [0.3, 0.4) is 0 Å². The van der Waals surface area contributed by atoms with Gasteiger partial charge in [0.2, 0.25) is 0 Å². The first-order valence-electron chi connectivity index (χ1n) is 5.34. The molecule has 0 saturated heterocycles. The number of hydrogen-bond donors (Lipinski definition) is 1. The van der Waals surface area contributed by atoms with Crippen molar-refractivity contribution in [3.8, 4) is 5.75 Å². The summed E-state index contributed by atoms with van der Waals surface area (Å²) >= 11 is 13.3. The highest BCUT2D eigenvalue weighted by molar-refractivity contribution is 7.10. The largest absolute Gasteiger partial charge is 0.496 e. The van der Waals surface area contributed by atoms with E-state index in [1.54, 1.807) is 19.2 Å². The lowest BCUT2D eigenvalue weighted by Gasteiger charge is -2.09. The van der Waals surface area contributed by atoms with Crippen molar-refractivity contribution < 1.29 is 9.84 Å². The van der Waals surface area contributed by atoms with Crippen molar-refractivity contribution in [1.82, 2.24) is 0 Å². The van der Waals surface area contributed by atoms with E-state index in [9.17, 15) is 5.11 Å². The van der Waals surface area contributed by atoms with Crippen molar-refractivity contribution in [1.29, 1.82) is 0 Å². The summed E-state index contributed by atoms with van der Waals surface area (Å²) < 4.78 is 5.09. The van der Waals surface area contributed by atoms with Crippen LogP contribution in [0.25, 0.3) is 0 Å². The van der Waals surface area contributed by atoms with E-state index in [-0.39, 0.29) is 0 Å². The van der Waals surface area contributed by atoms with Crippen molar-refractivity contribution in [2.75, 3.05) is 7.11 Å². The molecule has 0 bridgehead atoms. The molecule has 0 aliphatic carbocycles. The molecule has 5 heteroatoms. The highest BCUT2D eigenvalue weighted by Crippen LogP contribution is 2.30. The van der Waals surface area contributed by atoms with Gasteiger partial charge in [0.05, 0.1) is 23.3 Å². The molecule has 1 unspecified atom stereocenters. The van der Waals surface area contributed by atoms with Gasteiger partial charge >= 0.3 is 0 Å². The van der Waals surface area contributed by atoms with Crippen LogP contribution in [0.1, 0.15) is 16.5 Å². The highest BCUT2D eigenvalue weighted by atomic mass is 35.5. The van der Waals surface area contributed by atoms with Crippen LogP contribution in [0.5, 0.6) is 5.75 Å². The molecule has 2 aromatic rings. The Balaban J connectivity index is 2.10. The van der Waals surface area contributed by atoms with Crippen molar-refractivity contribution in [2.24, 2.45) is 0 Å². The van der Waals surface area contributed by atoms with Gasteiger partial charge < -0.3 is 9.84 Å². The van der Waals surface area contributed by atoms with Crippen LogP contribution >= 0.6 is 34.5 Å². The van der Waals surface area contributed by atoms with Crippen LogP contribution < -0.4 is 4.74 Å². The Hall–Kier alpha value is -0.740. The minimum absolute atomic E-state index is 0.501. The Morgan fingerprint density at radius 2 is 2.06 bits per heavy atom. The topological polar surface area (TPSA) is 29.5 Å². The summed E-state index contributed by atoms with van der Waals surface area (Å²) in [5.74, 6) is 0.767. The van der Waals surface area contributed by atoms with Gasteiger partial charge in [-0.05, 0) is 23.8 Å². The van der Waals surface area contributed by atoms with E-state index in [1.807, 2.05) is 17.5 Å². The monoisotopic (exact) mass is 302 g/mol. The molecule has 0 radical (unpaired) electrons. The zero-order valence-electron chi connectivity index (χ0n) is 9.69. The van der Waals surface area contributed by atoms with Gasteiger partial charge in [-0.15, -0.1) is 11.3 Å². The predicted octanol–water partition coefficient (Wildman–Crippen LogP) is 4.34. The van der Waals surface area contributed by atoms with Gasteiger partial charge in [0.25, 0.3) is 0 Å². The molecule has 96 valence electrons. The number of aliphatic hydroxyl groups is 1. The van der Waals surface area contributed by atoms with Crippen LogP contribution in [-0.4, -0.2) is 12.2 Å². The Bertz CT molecular complexity index is 540. The third-order valence-electron chi connectivity index (χ3n) is 2.57. The van der Waals surface area contributed by atoms with E-state index in [2.05, 4.69) is 0 Å². The van der Waals surface area contributed by atoms with Crippen LogP contribution in [0, 0.1) is 0 Å². The number of thiophene rings is 1. The molecular weight excluding hydrogens is 291 g/mol. The Morgan fingerprint density at radius 1 is 1.28 bits per heavy atom. The molecule has 18 heavy (non-hydrogen) atoms. The maximum Gasteiger partial charge on any atom is 0.129 e. The number of benzene rings is 1. The van der Waals surface area contributed by atoms with Crippen LogP contribution in [-0.2, 0) is 6.42 Å². The number of methoxy groups -OCH3 is 1. The van der Waals surface area contributed by atoms with Gasteiger partial charge in [0, 0.05) is 16.7 Å². The molecule has 1 atom stereocenters. The Labute approximate surface area is 120 Å². The first kappa shape index (κ1) is 13.7. The second kappa shape index (κ2) is 5.93. The first-order valence-corrected chi connectivity index (χ1v) is 6.98. The predicted molar refractivity (Wildman–Crippen MR) is 76.0 cm³/mol. The van der Waals surface area contributed by atoms with E-state index in [0.29, 0.717) is 16.5 Å². The maximum atomic E-state index is 10.1. The molecular formula is C13H12Cl2O2S. The molecule has 1 heterocycles. The normalized spacial score (nSPS) is 12.4. The molecule has 0 saturated carbocycles. The fourth-order valence-corrected chi connectivity index (χ4v) is 2.77. The molecule has 0 amide bonds. The zero-order chi connectivity index (χ0) is 13.1. The van der Waals surface area contributed by atoms with Gasteiger partial charge in [-0.2, -0.15) is 0 Å². The van der Waals surface area contributed by atoms with Crippen molar-refractivity contribution in [2.45, 2.75) is 12.5 Å². The third kappa shape index (κ3) is 3.18. The highest BCUT2D eigenvalue weighted by Gasteiger charge is 2.12. The van der Waals surface area contributed by atoms with Crippen LogP contribution in [0.15, 0.2) is 29.6 Å². The Morgan fingerprint density at radius 3 is 2.67 bits per heavy atom. The summed E-state index contributed by atoms with van der Waals surface area (Å²) in [7, 11) is 1.61. The SMILES string of the molecule is COc1csc(C(O)Cc2ccc(Cl)c(Cl)c2)c1. The van der Waals surface area contributed by atoms with E-state index in [4.69, 9.17) is 27.9 Å². The van der Waals surface area contributed by atoms with Gasteiger partial charge in [-0.3, -0.25) is 0 Å². The summed E-state index contributed by atoms with van der Waals surface area (Å²) in [6.07, 6.45) is -0.0586. The average molecular weight is 303 g/mol. The standard InChI is InChI=1S/C13H12Cl2O2S/c1-17-9-6-13(18-7-9)12(16)5-8-2-3-10(14)11(15)4-8/h2-4,6-7,12,16H,5H2,1H3. The summed E-state index contributed by atoms with van der Waals surface area (Å²) in [6, 6.07) is 7.22. The minimum Gasteiger partial charge on any atom is -0.496 e. The lowest BCUT2D eigenvalue weighted by atomic mass is 10.1.